The molecule has 0 aliphatic carbocycles. The number of aromatic amines is 1. The predicted molar refractivity (Wildman–Crippen MR) is 257 cm³/mol. The van der Waals surface area contributed by atoms with Gasteiger partial charge in [-0.1, -0.05) is 70.8 Å². The number of fused-ring (bicyclic) bond motifs is 8. The molecule has 3 aromatic heterocycles. The molecule has 8 bridgehead atoms. The van der Waals surface area contributed by atoms with Crippen molar-refractivity contribution in [1.82, 2.24) is 19.5 Å². The van der Waals surface area contributed by atoms with Crippen LogP contribution in [0, 0.1) is 83.1 Å². The van der Waals surface area contributed by atoms with Crippen LogP contribution in [0.25, 0.3) is 85.4 Å². The van der Waals surface area contributed by atoms with E-state index in [-0.39, 0.29) is 0 Å². The molecule has 0 saturated heterocycles. The van der Waals surface area contributed by atoms with E-state index in [0.717, 1.165) is 50.4 Å². The Hall–Kier alpha value is -6.52. The third-order valence-electron chi connectivity index (χ3n) is 12.3. The number of aromatic nitrogens is 4. The van der Waals surface area contributed by atoms with Gasteiger partial charge in [-0.15, -0.1) is 0 Å². The van der Waals surface area contributed by atoms with E-state index in [1.165, 1.54) is 100 Å². The Morgan fingerprint density at radius 3 is 1.23 bits per heavy atom. The van der Waals surface area contributed by atoms with Crippen LogP contribution in [0.15, 0.2) is 78.9 Å². The zero-order valence-electron chi connectivity index (χ0n) is 37.2. The van der Waals surface area contributed by atoms with Crippen molar-refractivity contribution < 1.29 is 0 Å². The SMILES string of the molecule is Cc1cc(C)c(-c2c(-c3c(C)cc(C)cc3C)c3c(-c4c(C)cc(C)cc4C)c4nc(cc5ccc(cc6nc(cc2n3-c2c(C)cc(C)cc2C)C=C6)[nH]5)C=C4)c(C)c1. The van der Waals surface area contributed by atoms with E-state index in [4.69, 9.17) is 9.97 Å². The lowest BCUT2D eigenvalue weighted by molar-refractivity contribution is 1.11. The van der Waals surface area contributed by atoms with Gasteiger partial charge in [-0.05, 0) is 199 Å². The molecule has 4 heteroatoms. The minimum absolute atomic E-state index is 0.904. The Bertz CT molecular complexity index is 3120. The summed E-state index contributed by atoms with van der Waals surface area (Å²) in [5.74, 6) is 0. The molecule has 60 heavy (non-hydrogen) atoms. The van der Waals surface area contributed by atoms with Crippen molar-refractivity contribution in [2.24, 2.45) is 0 Å². The third kappa shape index (κ3) is 6.65. The summed E-state index contributed by atoms with van der Waals surface area (Å²) in [5, 5.41) is 0. The van der Waals surface area contributed by atoms with Crippen molar-refractivity contribution in [2.45, 2.75) is 83.1 Å². The number of nitrogens with one attached hydrogen (secondary N) is 1. The highest BCUT2D eigenvalue weighted by Crippen LogP contribution is 2.51. The van der Waals surface area contributed by atoms with Crippen molar-refractivity contribution in [3.8, 4) is 39.1 Å². The van der Waals surface area contributed by atoms with Gasteiger partial charge in [0.2, 0.25) is 0 Å². The van der Waals surface area contributed by atoms with E-state index in [1.54, 1.807) is 0 Å². The minimum atomic E-state index is 0.904. The number of benzene rings is 4. The molecule has 0 amide bonds. The Kier molecular flexibility index (Phi) is 9.51. The lowest BCUT2D eigenvalue weighted by Gasteiger charge is -2.21. The van der Waals surface area contributed by atoms with E-state index >= 15 is 0 Å². The number of H-pyrrole nitrogens is 1. The molecule has 298 valence electrons. The largest absolute Gasteiger partial charge is 0.355 e. The summed E-state index contributed by atoms with van der Waals surface area (Å²) in [5.41, 5.74) is 31.2. The second-order valence-electron chi connectivity index (χ2n) is 17.6. The first-order valence-corrected chi connectivity index (χ1v) is 21.1. The van der Waals surface area contributed by atoms with Gasteiger partial charge in [0.15, 0.2) is 0 Å². The van der Waals surface area contributed by atoms with Gasteiger partial charge < -0.3 is 9.55 Å². The first-order valence-electron chi connectivity index (χ1n) is 21.1. The molecule has 2 aliphatic heterocycles. The maximum Gasteiger partial charge on any atom is 0.0737 e. The molecular formula is C56H54N4. The van der Waals surface area contributed by atoms with Crippen LogP contribution in [0.1, 0.15) is 89.5 Å². The maximum absolute atomic E-state index is 5.56. The quantitative estimate of drug-likeness (QED) is 0.193. The average molecular weight is 783 g/mol. The first kappa shape index (κ1) is 39.0. The fourth-order valence-electron chi connectivity index (χ4n) is 10.5. The summed E-state index contributed by atoms with van der Waals surface area (Å²) >= 11 is 0. The van der Waals surface area contributed by atoms with Crippen molar-refractivity contribution in [3.63, 3.8) is 0 Å². The fourth-order valence-corrected chi connectivity index (χ4v) is 10.5. The Balaban J connectivity index is 1.72. The van der Waals surface area contributed by atoms with Crippen molar-refractivity contribution >= 4 is 46.4 Å². The van der Waals surface area contributed by atoms with Crippen molar-refractivity contribution in [2.75, 3.05) is 0 Å². The van der Waals surface area contributed by atoms with Gasteiger partial charge in [0, 0.05) is 27.7 Å². The number of hydrogen-bond acceptors (Lipinski definition) is 2. The van der Waals surface area contributed by atoms with Crippen LogP contribution in [-0.4, -0.2) is 19.5 Å². The molecule has 7 aromatic rings. The maximum atomic E-state index is 5.56. The van der Waals surface area contributed by atoms with Gasteiger partial charge in [-0.25, -0.2) is 9.97 Å². The van der Waals surface area contributed by atoms with Gasteiger partial charge in [-0.2, -0.15) is 0 Å². The zero-order valence-corrected chi connectivity index (χ0v) is 37.2. The third-order valence-corrected chi connectivity index (χ3v) is 12.3. The number of rotatable bonds is 4. The highest BCUT2D eigenvalue weighted by molar-refractivity contribution is 6.13. The lowest BCUT2D eigenvalue weighted by atomic mass is 9.84. The lowest BCUT2D eigenvalue weighted by Crippen LogP contribution is -2.04. The molecule has 0 atom stereocenters. The number of nitrogens with zero attached hydrogens (tertiary/aromatic N) is 3. The summed E-state index contributed by atoms with van der Waals surface area (Å²) in [6, 6.07) is 29.6. The van der Waals surface area contributed by atoms with Crippen LogP contribution < -0.4 is 0 Å². The Labute approximate surface area is 355 Å². The van der Waals surface area contributed by atoms with E-state index in [0.29, 0.717) is 0 Å². The Morgan fingerprint density at radius 1 is 0.367 bits per heavy atom. The molecule has 0 unspecified atom stereocenters. The molecule has 0 radical (unpaired) electrons. The van der Waals surface area contributed by atoms with Crippen LogP contribution in [0.5, 0.6) is 0 Å². The molecule has 4 aromatic carbocycles. The summed E-state index contributed by atoms with van der Waals surface area (Å²) in [6.07, 6.45) is 8.69. The van der Waals surface area contributed by atoms with Crippen LogP contribution >= 0.6 is 0 Å². The summed E-state index contributed by atoms with van der Waals surface area (Å²) < 4.78 is 2.60. The summed E-state index contributed by atoms with van der Waals surface area (Å²) in [7, 11) is 0. The smallest absolute Gasteiger partial charge is 0.0737 e. The predicted octanol–water partition coefficient (Wildman–Crippen LogP) is 14.8. The first-order chi connectivity index (χ1) is 28.6. The monoisotopic (exact) mass is 782 g/mol. The highest BCUT2D eigenvalue weighted by Gasteiger charge is 2.30. The van der Waals surface area contributed by atoms with Crippen molar-refractivity contribution in [3.05, 3.63) is 168 Å². The van der Waals surface area contributed by atoms with Crippen LogP contribution in [0.3, 0.4) is 0 Å². The van der Waals surface area contributed by atoms with E-state index in [1.807, 2.05) is 0 Å². The standard InChI is InChI=1S/C56H54N4/c1-30-19-34(5)49(35(6)20-30)52-47-18-17-45(59-47)28-44-14-13-42(57-44)27-43-15-16-46(58-43)29-48-53(50-36(7)21-31(2)22-37(50)8)54(51-38(9)23-32(3)24-39(51)10)56(52)60(48)55-40(11)25-33(4)26-41(55)12/h13-29,57H,1-12H3. The minimum Gasteiger partial charge on any atom is -0.355 e. The van der Waals surface area contributed by atoms with Crippen LogP contribution in [0.4, 0.5) is 0 Å². The molecular weight excluding hydrogens is 729 g/mol. The van der Waals surface area contributed by atoms with Crippen LogP contribution in [0.2, 0.25) is 0 Å². The topological polar surface area (TPSA) is 46.5 Å². The second kappa shape index (κ2) is 14.6. The molecule has 0 spiro atoms. The number of aryl methyl sites for hydroxylation is 12. The van der Waals surface area contributed by atoms with Crippen molar-refractivity contribution in [1.29, 1.82) is 0 Å². The molecule has 0 saturated carbocycles. The van der Waals surface area contributed by atoms with Gasteiger partial charge in [-0.3, -0.25) is 0 Å². The average Bonchev–Trinajstić information content (AvgIpc) is 3.95. The summed E-state index contributed by atoms with van der Waals surface area (Å²) in [4.78, 5) is 14.4. The molecule has 2 aliphatic rings. The molecule has 4 nitrogen and oxygen atoms in total. The summed E-state index contributed by atoms with van der Waals surface area (Å²) in [6.45, 7) is 27.0. The second-order valence-corrected chi connectivity index (χ2v) is 17.6. The Morgan fingerprint density at radius 2 is 0.750 bits per heavy atom. The fraction of sp³-hybridized carbons (Fsp3) is 0.214. The molecule has 5 heterocycles. The zero-order chi connectivity index (χ0) is 42.3. The van der Waals surface area contributed by atoms with E-state index < -0.39 is 0 Å². The van der Waals surface area contributed by atoms with Gasteiger partial charge in [0.25, 0.3) is 0 Å². The number of hydrogen-bond donors (Lipinski definition) is 1. The van der Waals surface area contributed by atoms with Crippen LogP contribution in [-0.2, 0) is 0 Å². The normalized spacial score (nSPS) is 12.2. The van der Waals surface area contributed by atoms with Gasteiger partial charge in [0.1, 0.15) is 0 Å². The highest BCUT2D eigenvalue weighted by atomic mass is 15.0. The van der Waals surface area contributed by atoms with E-state index in [9.17, 15) is 0 Å². The van der Waals surface area contributed by atoms with Gasteiger partial charge >= 0.3 is 0 Å². The molecule has 0 fully saturated rings. The van der Waals surface area contributed by atoms with Gasteiger partial charge in [0.05, 0.1) is 39.5 Å². The molecule has 9 rings (SSSR count). The van der Waals surface area contributed by atoms with E-state index in [2.05, 4.69) is 196 Å². The molecule has 1 N–H and O–H groups in total.